The molecule has 1 atom stereocenters. The van der Waals surface area contributed by atoms with Gasteiger partial charge in [-0.3, -0.25) is 4.79 Å². The van der Waals surface area contributed by atoms with E-state index in [1.807, 2.05) is 43.3 Å². The molecule has 0 aliphatic heterocycles. The van der Waals surface area contributed by atoms with Crippen LogP contribution >= 0.6 is 0 Å². The smallest absolute Gasteiger partial charge is 0.359 e. The first-order valence-electron chi connectivity index (χ1n) is 10.3. The summed E-state index contributed by atoms with van der Waals surface area (Å²) >= 11 is 0. The van der Waals surface area contributed by atoms with E-state index in [2.05, 4.69) is 10.4 Å². The van der Waals surface area contributed by atoms with Crippen LogP contribution in [-0.2, 0) is 22.4 Å². The zero-order valence-electron chi connectivity index (χ0n) is 17.8. The number of aromatic nitrogens is 2. The zero-order valence-corrected chi connectivity index (χ0v) is 17.8. The number of carbonyl (C=O) groups excluding carboxylic acids is 2. The predicted octanol–water partition coefficient (Wildman–Crippen LogP) is 3.86. The molecule has 0 radical (unpaired) electrons. The molecule has 1 unspecified atom stereocenters. The Bertz CT molecular complexity index is 1120. The van der Waals surface area contributed by atoms with E-state index in [0.717, 1.165) is 41.8 Å². The average Bonchev–Trinajstić information content (AvgIpc) is 3.37. The highest BCUT2D eigenvalue weighted by Crippen LogP contribution is 2.29. The number of methoxy groups -OCH3 is 1. The third-order valence-corrected chi connectivity index (χ3v) is 5.39. The minimum absolute atomic E-state index is 0.282. The van der Waals surface area contributed by atoms with Crippen molar-refractivity contribution in [1.29, 1.82) is 0 Å². The number of carbonyl (C=O) groups is 2. The van der Waals surface area contributed by atoms with Crippen LogP contribution in [0.15, 0.2) is 48.5 Å². The summed E-state index contributed by atoms with van der Waals surface area (Å²) in [7, 11) is 1.54. The van der Waals surface area contributed by atoms with Gasteiger partial charge in [-0.1, -0.05) is 24.3 Å². The van der Waals surface area contributed by atoms with Crippen molar-refractivity contribution < 1.29 is 19.1 Å². The minimum Gasteiger partial charge on any atom is -0.495 e. The number of nitrogens with zero attached hydrogens (tertiary/aromatic N) is 2. The SMILES string of the molecule is COc1ccc(C)cc1NC(=O)C(C)OC(=O)c1nn(-c2ccccc2)c2c1CCC2. The molecule has 0 saturated heterocycles. The van der Waals surface area contributed by atoms with Crippen molar-refractivity contribution in [3.8, 4) is 11.4 Å². The van der Waals surface area contributed by atoms with Crippen LogP contribution in [0.25, 0.3) is 5.69 Å². The van der Waals surface area contributed by atoms with Crippen molar-refractivity contribution in [2.75, 3.05) is 12.4 Å². The van der Waals surface area contributed by atoms with Crippen LogP contribution in [0.3, 0.4) is 0 Å². The Hall–Kier alpha value is -3.61. The van der Waals surface area contributed by atoms with E-state index in [4.69, 9.17) is 9.47 Å². The lowest BCUT2D eigenvalue weighted by molar-refractivity contribution is -0.123. The van der Waals surface area contributed by atoms with Crippen molar-refractivity contribution >= 4 is 17.6 Å². The quantitative estimate of drug-likeness (QED) is 0.614. The molecule has 1 aromatic heterocycles. The molecule has 160 valence electrons. The van der Waals surface area contributed by atoms with E-state index in [9.17, 15) is 9.59 Å². The number of fused-ring (bicyclic) bond motifs is 1. The molecule has 1 aliphatic rings. The molecule has 2 aromatic carbocycles. The van der Waals surface area contributed by atoms with Gasteiger partial charge in [-0.15, -0.1) is 0 Å². The van der Waals surface area contributed by atoms with E-state index in [1.165, 1.54) is 7.11 Å². The van der Waals surface area contributed by atoms with Crippen molar-refractivity contribution in [3.63, 3.8) is 0 Å². The highest BCUT2D eigenvalue weighted by Gasteiger charge is 2.30. The number of rotatable bonds is 6. The minimum atomic E-state index is -0.989. The third-order valence-electron chi connectivity index (χ3n) is 5.39. The molecule has 3 aromatic rings. The topological polar surface area (TPSA) is 82.4 Å². The first kappa shape index (κ1) is 20.7. The molecule has 0 spiro atoms. The molecule has 7 nitrogen and oxygen atoms in total. The molecule has 1 N–H and O–H groups in total. The van der Waals surface area contributed by atoms with Gasteiger partial charge in [-0.2, -0.15) is 5.10 Å². The number of amides is 1. The maximum Gasteiger partial charge on any atom is 0.359 e. The summed E-state index contributed by atoms with van der Waals surface area (Å²) in [6, 6.07) is 15.2. The molecule has 1 amide bonds. The lowest BCUT2D eigenvalue weighted by atomic mass is 10.2. The number of benzene rings is 2. The Morgan fingerprint density at radius 1 is 1.13 bits per heavy atom. The Kier molecular flexibility index (Phi) is 5.75. The standard InChI is InChI=1S/C24H25N3O4/c1-15-12-13-21(30-3)19(14-15)25-23(28)16(2)31-24(29)22-18-10-7-11-20(18)27(26-22)17-8-5-4-6-9-17/h4-6,8-9,12-14,16H,7,10-11H2,1-3H3,(H,25,28). The number of esters is 1. The second kappa shape index (κ2) is 8.63. The Labute approximate surface area is 181 Å². The Morgan fingerprint density at radius 3 is 2.65 bits per heavy atom. The number of aryl methyl sites for hydroxylation is 1. The molecular weight excluding hydrogens is 394 g/mol. The summed E-state index contributed by atoms with van der Waals surface area (Å²) in [5.41, 5.74) is 4.62. The van der Waals surface area contributed by atoms with Crippen molar-refractivity contribution in [2.45, 2.75) is 39.2 Å². The highest BCUT2D eigenvalue weighted by molar-refractivity contribution is 5.98. The van der Waals surface area contributed by atoms with E-state index >= 15 is 0 Å². The van der Waals surface area contributed by atoms with Gasteiger partial charge in [0.25, 0.3) is 5.91 Å². The summed E-state index contributed by atoms with van der Waals surface area (Å²) in [6.45, 7) is 3.46. The first-order chi connectivity index (χ1) is 15.0. The van der Waals surface area contributed by atoms with Gasteiger partial charge in [-0.05, 0) is 62.9 Å². The van der Waals surface area contributed by atoms with Crippen molar-refractivity contribution in [3.05, 3.63) is 71.0 Å². The summed E-state index contributed by atoms with van der Waals surface area (Å²) in [5.74, 6) is -0.486. The molecular formula is C24H25N3O4. The van der Waals surface area contributed by atoms with Gasteiger partial charge >= 0.3 is 5.97 Å². The van der Waals surface area contributed by atoms with Gasteiger partial charge in [0.1, 0.15) is 5.75 Å². The van der Waals surface area contributed by atoms with Gasteiger partial charge in [0, 0.05) is 11.3 Å². The van der Waals surface area contributed by atoms with Crippen LogP contribution in [0.4, 0.5) is 5.69 Å². The van der Waals surface area contributed by atoms with Crippen LogP contribution in [0.5, 0.6) is 5.75 Å². The second-order valence-electron chi connectivity index (χ2n) is 7.62. The van der Waals surface area contributed by atoms with Gasteiger partial charge in [-0.25, -0.2) is 9.48 Å². The molecule has 4 rings (SSSR count). The maximum absolute atomic E-state index is 12.9. The van der Waals surface area contributed by atoms with Gasteiger partial charge in [0.15, 0.2) is 11.8 Å². The number of nitrogens with one attached hydrogen (secondary N) is 1. The third kappa shape index (κ3) is 4.17. The monoisotopic (exact) mass is 419 g/mol. The zero-order chi connectivity index (χ0) is 22.0. The van der Waals surface area contributed by atoms with Crippen LogP contribution in [-0.4, -0.2) is 34.9 Å². The fourth-order valence-corrected chi connectivity index (χ4v) is 3.81. The fraction of sp³-hybridized carbons (Fsp3) is 0.292. The van der Waals surface area contributed by atoms with Gasteiger partial charge in [0.05, 0.1) is 18.5 Å². The second-order valence-corrected chi connectivity index (χ2v) is 7.62. The summed E-state index contributed by atoms with van der Waals surface area (Å²) in [5, 5.41) is 7.30. The number of anilines is 1. The largest absolute Gasteiger partial charge is 0.495 e. The van der Waals surface area contributed by atoms with Crippen LogP contribution in [0.1, 0.15) is 40.7 Å². The lowest BCUT2D eigenvalue weighted by Gasteiger charge is -2.15. The normalized spacial score (nSPS) is 13.4. The molecule has 31 heavy (non-hydrogen) atoms. The van der Waals surface area contributed by atoms with Crippen LogP contribution < -0.4 is 10.1 Å². The van der Waals surface area contributed by atoms with Gasteiger partial charge < -0.3 is 14.8 Å². The predicted molar refractivity (Wildman–Crippen MR) is 117 cm³/mol. The fourth-order valence-electron chi connectivity index (χ4n) is 3.81. The highest BCUT2D eigenvalue weighted by atomic mass is 16.5. The number of ether oxygens (including phenoxy) is 2. The van der Waals surface area contributed by atoms with Crippen molar-refractivity contribution in [1.82, 2.24) is 9.78 Å². The number of hydrogen-bond acceptors (Lipinski definition) is 5. The summed E-state index contributed by atoms with van der Waals surface area (Å²) in [6.07, 6.45) is 1.60. The molecule has 0 saturated carbocycles. The summed E-state index contributed by atoms with van der Waals surface area (Å²) in [4.78, 5) is 25.5. The first-order valence-corrected chi connectivity index (χ1v) is 10.3. The van der Waals surface area contributed by atoms with E-state index in [0.29, 0.717) is 11.4 Å². The maximum atomic E-state index is 12.9. The molecule has 0 fully saturated rings. The molecule has 7 heteroatoms. The Balaban J connectivity index is 1.51. The lowest BCUT2D eigenvalue weighted by Crippen LogP contribution is -2.30. The molecule has 1 aliphatic carbocycles. The average molecular weight is 419 g/mol. The number of hydrogen-bond donors (Lipinski definition) is 1. The van der Waals surface area contributed by atoms with Crippen LogP contribution in [0.2, 0.25) is 0 Å². The van der Waals surface area contributed by atoms with E-state index in [1.54, 1.807) is 23.7 Å². The number of para-hydroxylation sites is 1. The van der Waals surface area contributed by atoms with Crippen LogP contribution in [0, 0.1) is 6.92 Å². The molecule has 0 bridgehead atoms. The van der Waals surface area contributed by atoms with E-state index in [-0.39, 0.29) is 5.69 Å². The van der Waals surface area contributed by atoms with Gasteiger partial charge in [0.2, 0.25) is 0 Å². The van der Waals surface area contributed by atoms with Crippen molar-refractivity contribution in [2.24, 2.45) is 0 Å². The van der Waals surface area contributed by atoms with E-state index < -0.39 is 18.0 Å². The Morgan fingerprint density at radius 2 is 1.90 bits per heavy atom. The molecule has 1 heterocycles. The summed E-state index contributed by atoms with van der Waals surface area (Å²) < 4.78 is 12.6.